The summed E-state index contributed by atoms with van der Waals surface area (Å²) in [5.74, 6) is -2.53. The van der Waals surface area contributed by atoms with Gasteiger partial charge in [-0.05, 0) is 12.8 Å². The van der Waals surface area contributed by atoms with Crippen LogP contribution in [0.1, 0.15) is 239 Å². The lowest BCUT2D eigenvalue weighted by Crippen LogP contribution is -2.40. The van der Waals surface area contributed by atoms with Crippen LogP contribution in [0.25, 0.3) is 0 Å². The minimum atomic E-state index is -1.48. The highest BCUT2D eigenvalue weighted by Crippen LogP contribution is 2.21. The van der Waals surface area contributed by atoms with Crippen LogP contribution in [0, 0.1) is 5.92 Å². The summed E-state index contributed by atoms with van der Waals surface area (Å²) in [6.07, 6.45) is 38.9. The summed E-state index contributed by atoms with van der Waals surface area (Å²) < 4.78 is 0. The molecule has 3 unspecified atom stereocenters. The molecule has 0 saturated heterocycles. The maximum absolute atomic E-state index is 12.7. The van der Waals surface area contributed by atoms with Crippen LogP contribution >= 0.6 is 0 Å². The van der Waals surface area contributed by atoms with Gasteiger partial charge in [0, 0.05) is 0 Å². The average molecular weight is 713 g/mol. The molecule has 298 valence electrons. The highest BCUT2D eigenvalue weighted by molar-refractivity contribution is 5.75. The van der Waals surface area contributed by atoms with Crippen LogP contribution in [-0.4, -0.2) is 46.1 Å². The van der Waals surface area contributed by atoms with Gasteiger partial charge in [0.1, 0.15) is 6.10 Å². The van der Waals surface area contributed by atoms with Gasteiger partial charge in [-0.1, -0.05) is 219 Å². The Morgan fingerprint density at radius 3 is 1.06 bits per heavy atom. The second kappa shape index (κ2) is 39.0. The lowest BCUT2D eigenvalue weighted by atomic mass is 9.92. The maximum Gasteiger partial charge on any atom is 0.361 e. The van der Waals surface area contributed by atoms with Gasteiger partial charge >= 0.3 is 11.9 Å². The van der Waals surface area contributed by atoms with Crippen molar-refractivity contribution >= 4 is 11.9 Å². The normalized spacial score (nSPS) is 13.3. The average Bonchev–Trinajstić information content (AvgIpc) is 3.12. The Balaban J connectivity index is 3.88. The fraction of sp³-hybridized carbons (Fsp3) is 0.953. The van der Waals surface area contributed by atoms with Crippen molar-refractivity contribution in [2.45, 2.75) is 251 Å². The highest BCUT2D eigenvalue weighted by atomic mass is 17.2. The van der Waals surface area contributed by atoms with Gasteiger partial charge in [0.05, 0.1) is 25.0 Å². The van der Waals surface area contributed by atoms with Crippen LogP contribution in [0.2, 0.25) is 0 Å². The second-order valence-corrected chi connectivity index (χ2v) is 15.2. The molecule has 0 aromatic carbocycles. The number of hydrogen-bond donors (Lipinski definition) is 3. The van der Waals surface area contributed by atoms with Gasteiger partial charge in [-0.2, -0.15) is 0 Å². The van der Waals surface area contributed by atoms with Crippen molar-refractivity contribution in [2.24, 2.45) is 5.92 Å². The molecule has 0 aliphatic rings. The third-order valence-corrected chi connectivity index (χ3v) is 10.4. The number of unbranched alkanes of at least 4 members (excludes halogenated alkanes) is 31. The Kier molecular flexibility index (Phi) is 38.1. The summed E-state index contributed by atoms with van der Waals surface area (Å²) in [6.45, 7) is 3.86. The SMILES string of the molecule is CCCCCCCCCCCCCCCCCCCCC(C(=O)OOC(=O)CCCCCCCCCCCCCCCCC)C(O)C(O)CO. The summed E-state index contributed by atoms with van der Waals surface area (Å²) in [6, 6.07) is 0. The van der Waals surface area contributed by atoms with Crippen molar-refractivity contribution in [3.05, 3.63) is 0 Å². The number of carbonyl (C=O) groups excluding carboxylic acids is 2. The Bertz CT molecular complexity index is 715. The molecule has 0 aromatic heterocycles. The molecule has 0 rings (SSSR count). The first-order chi connectivity index (χ1) is 24.5. The minimum absolute atomic E-state index is 0.178. The van der Waals surface area contributed by atoms with Crippen molar-refractivity contribution in [3.8, 4) is 0 Å². The largest absolute Gasteiger partial charge is 0.394 e. The van der Waals surface area contributed by atoms with Crippen LogP contribution < -0.4 is 0 Å². The first kappa shape index (κ1) is 48.8. The molecule has 0 aliphatic heterocycles. The molecule has 7 nitrogen and oxygen atoms in total. The lowest BCUT2D eigenvalue weighted by molar-refractivity contribution is -0.265. The van der Waals surface area contributed by atoms with E-state index in [0.717, 1.165) is 32.1 Å². The number of aliphatic hydroxyl groups is 3. The van der Waals surface area contributed by atoms with Crippen LogP contribution in [-0.2, 0) is 19.4 Å². The number of aliphatic hydroxyl groups excluding tert-OH is 3. The van der Waals surface area contributed by atoms with E-state index in [4.69, 9.17) is 9.78 Å². The first-order valence-electron chi connectivity index (χ1n) is 21.9. The van der Waals surface area contributed by atoms with Crippen LogP contribution in [0.15, 0.2) is 0 Å². The molecule has 0 bridgehead atoms. The molecule has 0 fully saturated rings. The van der Waals surface area contributed by atoms with Crippen LogP contribution in [0.4, 0.5) is 0 Å². The van der Waals surface area contributed by atoms with Gasteiger partial charge in [0.15, 0.2) is 0 Å². The van der Waals surface area contributed by atoms with E-state index in [-0.39, 0.29) is 6.42 Å². The van der Waals surface area contributed by atoms with E-state index in [1.807, 2.05) is 0 Å². The maximum atomic E-state index is 12.7. The van der Waals surface area contributed by atoms with E-state index in [0.29, 0.717) is 19.3 Å². The minimum Gasteiger partial charge on any atom is -0.394 e. The predicted octanol–water partition coefficient (Wildman–Crippen LogP) is 12.0. The zero-order valence-corrected chi connectivity index (χ0v) is 33.2. The highest BCUT2D eigenvalue weighted by Gasteiger charge is 2.34. The fourth-order valence-corrected chi connectivity index (χ4v) is 6.90. The van der Waals surface area contributed by atoms with E-state index in [2.05, 4.69) is 13.8 Å². The number of hydrogen-bond acceptors (Lipinski definition) is 7. The third-order valence-electron chi connectivity index (χ3n) is 10.4. The Morgan fingerprint density at radius 1 is 0.440 bits per heavy atom. The zero-order valence-electron chi connectivity index (χ0n) is 33.2. The summed E-state index contributed by atoms with van der Waals surface area (Å²) in [7, 11) is 0. The lowest BCUT2D eigenvalue weighted by Gasteiger charge is -2.23. The van der Waals surface area contributed by atoms with E-state index in [9.17, 15) is 24.9 Å². The Hall–Kier alpha value is -1.18. The summed E-state index contributed by atoms with van der Waals surface area (Å²) >= 11 is 0. The molecule has 0 spiro atoms. The number of rotatable bonds is 39. The molecule has 0 aromatic rings. The summed E-state index contributed by atoms with van der Waals surface area (Å²) in [5.41, 5.74) is 0. The molecule has 0 heterocycles. The van der Waals surface area contributed by atoms with E-state index < -0.39 is 36.7 Å². The fourth-order valence-electron chi connectivity index (χ4n) is 6.90. The monoisotopic (exact) mass is 713 g/mol. The van der Waals surface area contributed by atoms with Gasteiger partial charge in [0.25, 0.3) is 0 Å². The van der Waals surface area contributed by atoms with E-state index in [1.165, 1.54) is 167 Å². The van der Waals surface area contributed by atoms with Gasteiger partial charge in [0.2, 0.25) is 0 Å². The Morgan fingerprint density at radius 2 is 0.740 bits per heavy atom. The second-order valence-electron chi connectivity index (χ2n) is 15.2. The molecule has 0 radical (unpaired) electrons. The quantitative estimate of drug-likeness (QED) is 0.0330. The molecule has 7 heteroatoms. The molecule has 0 aliphatic carbocycles. The van der Waals surface area contributed by atoms with Crippen molar-refractivity contribution < 1.29 is 34.7 Å². The van der Waals surface area contributed by atoms with Crippen LogP contribution in [0.5, 0.6) is 0 Å². The zero-order chi connectivity index (χ0) is 36.8. The summed E-state index contributed by atoms with van der Waals surface area (Å²) in [5, 5.41) is 29.7. The van der Waals surface area contributed by atoms with E-state index >= 15 is 0 Å². The molecule has 0 saturated carbocycles. The molecular weight excluding hydrogens is 628 g/mol. The van der Waals surface area contributed by atoms with Crippen molar-refractivity contribution in [3.63, 3.8) is 0 Å². The smallest absolute Gasteiger partial charge is 0.361 e. The van der Waals surface area contributed by atoms with Crippen LogP contribution in [0.3, 0.4) is 0 Å². The topological polar surface area (TPSA) is 113 Å². The molecular formula is C43H84O7. The van der Waals surface area contributed by atoms with Gasteiger partial charge in [-0.3, -0.25) is 0 Å². The summed E-state index contributed by atoms with van der Waals surface area (Å²) in [4.78, 5) is 34.4. The van der Waals surface area contributed by atoms with Crippen molar-refractivity contribution in [2.75, 3.05) is 6.61 Å². The van der Waals surface area contributed by atoms with E-state index in [1.54, 1.807) is 0 Å². The first-order valence-corrected chi connectivity index (χ1v) is 21.9. The standard InChI is InChI=1S/C43H84O7/c1-3-5-7-9-11-13-15-17-19-20-21-23-24-26-28-30-32-34-36-39(42(47)40(45)38-44)43(48)50-49-41(46)37-35-33-31-29-27-25-22-18-16-14-12-10-8-6-4-2/h39-40,42,44-45,47H,3-38H2,1-2H3. The molecule has 0 amide bonds. The molecule has 50 heavy (non-hydrogen) atoms. The predicted molar refractivity (Wildman–Crippen MR) is 208 cm³/mol. The van der Waals surface area contributed by atoms with Gasteiger partial charge in [-0.25, -0.2) is 19.4 Å². The third kappa shape index (κ3) is 32.7. The van der Waals surface area contributed by atoms with Gasteiger partial charge in [-0.15, -0.1) is 0 Å². The number of carbonyl (C=O) groups is 2. The van der Waals surface area contributed by atoms with Crippen molar-refractivity contribution in [1.29, 1.82) is 0 Å². The Labute approximate surface area is 309 Å². The molecule has 3 atom stereocenters. The van der Waals surface area contributed by atoms with Gasteiger partial charge < -0.3 is 15.3 Å². The van der Waals surface area contributed by atoms with Crippen molar-refractivity contribution in [1.82, 2.24) is 0 Å². The molecule has 3 N–H and O–H groups in total.